The van der Waals surface area contributed by atoms with Gasteiger partial charge in [-0.05, 0) is 31.5 Å². The standard InChI is InChI=1S/C16H16Cl2N6O/c1-10-14(18)8-24(21-10)11(2)15(25)20-16-19-9-23(22-16)7-12-4-3-5-13(17)6-12/h3-6,8-9,11H,7H2,1-2H3,(H,20,22,25). The molecule has 2 aromatic heterocycles. The summed E-state index contributed by atoms with van der Waals surface area (Å²) >= 11 is 11.9. The third-order valence-electron chi connectivity index (χ3n) is 3.64. The first-order chi connectivity index (χ1) is 11.9. The minimum absolute atomic E-state index is 0.230. The molecule has 0 aliphatic carbocycles. The second-order valence-corrected chi connectivity index (χ2v) is 6.45. The van der Waals surface area contributed by atoms with Crippen molar-refractivity contribution in [2.75, 3.05) is 5.32 Å². The molecule has 9 heteroatoms. The van der Waals surface area contributed by atoms with Crippen LogP contribution in [-0.4, -0.2) is 30.5 Å². The van der Waals surface area contributed by atoms with E-state index in [9.17, 15) is 4.79 Å². The van der Waals surface area contributed by atoms with Crippen molar-refractivity contribution >= 4 is 35.1 Å². The van der Waals surface area contributed by atoms with Gasteiger partial charge in [0.05, 0.1) is 17.3 Å². The molecule has 1 atom stereocenters. The van der Waals surface area contributed by atoms with Crippen LogP contribution in [0.15, 0.2) is 36.8 Å². The number of carbonyl (C=O) groups excluding carboxylic acids is 1. The summed E-state index contributed by atoms with van der Waals surface area (Å²) in [6, 6.07) is 6.94. The zero-order valence-corrected chi connectivity index (χ0v) is 15.2. The lowest BCUT2D eigenvalue weighted by Gasteiger charge is -2.10. The number of benzene rings is 1. The van der Waals surface area contributed by atoms with Crippen LogP contribution in [-0.2, 0) is 11.3 Å². The van der Waals surface area contributed by atoms with Gasteiger partial charge in [-0.2, -0.15) is 5.10 Å². The van der Waals surface area contributed by atoms with Crippen molar-refractivity contribution in [2.24, 2.45) is 0 Å². The monoisotopic (exact) mass is 378 g/mol. The van der Waals surface area contributed by atoms with Gasteiger partial charge in [-0.3, -0.25) is 14.8 Å². The van der Waals surface area contributed by atoms with Crippen molar-refractivity contribution in [2.45, 2.75) is 26.4 Å². The van der Waals surface area contributed by atoms with Gasteiger partial charge >= 0.3 is 0 Å². The highest BCUT2D eigenvalue weighted by atomic mass is 35.5. The summed E-state index contributed by atoms with van der Waals surface area (Å²) in [5, 5.41) is 12.3. The third kappa shape index (κ3) is 4.18. The van der Waals surface area contributed by atoms with Crippen molar-refractivity contribution in [3.05, 3.63) is 58.1 Å². The second kappa shape index (κ2) is 7.25. The zero-order chi connectivity index (χ0) is 18.0. The smallest absolute Gasteiger partial charge is 0.251 e. The minimum atomic E-state index is -0.536. The van der Waals surface area contributed by atoms with Crippen molar-refractivity contribution in [3.8, 4) is 0 Å². The van der Waals surface area contributed by atoms with Crippen LogP contribution < -0.4 is 5.32 Å². The summed E-state index contributed by atoms with van der Waals surface area (Å²) in [7, 11) is 0. The number of nitrogens with zero attached hydrogens (tertiary/aromatic N) is 5. The molecule has 0 fully saturated rings. The molecule has 1 N–H and O–H groups in total. The van der Waals surface area contributed by atoms with E-state index >= 15 is 0 Å². The van der Waals surface area contributed by atoms with Crippen molar-refractivity contribution in [1.82, 2.24) is 24.5 Å². The van der Waals surface area contributed by atoms with Crippen LogP contribution in [0.5, 0.6) is 0 Å². The SMILES string of the molecule is Cc1nn(C(C)C(=O)Nc2ncn(Cc3cccc(Cl)c3)n2)cc1Cl. The minimum Gasteiger partial charge on any atom is -0.291 e. The molecule has 7 nitrogen and oxygen atoms in total. The molecule has 0 radical (unpaired) electrons. The van der Waals surface area contributed by atoms with Gasteiger partial charge in [0.1, 0.15) is 12.4 Å². The molecular formula is C16H16Cl2N6O. The Bertz CT molecular complexity index is 884. The number of rotatable bonds is 5. The first-order valence-corrected chi connectivity index (χ1v) is 8.34. The van der Waals surface area contributed by atoms with E-state index in [1.165, 1.54) is 4.68 Å². The summed E-state index contributed by atoms with van der Waals surface area (Å²) in [5.74, 6) is -0.0477. The fourth-order valence-corrected chi connectivity index (χ4v) is 2.59. The molecule has 1 aromatic carbocycles. The predicted molar refractivity (Wildman–Crippen MR) is 95.9 cm³/mol. The summed E-state index contributed by atoms with van der Waals surface area (Å²) in [4.78, 5) is 16.4. The van der Waals surface area contributed by atoms with E-state index in [-0.39, 0.29) is 11.9 Å². The molecule has 0 aliphatic heterocycles. The van der Waals surface area contributed by atoms with E-state index < -0.39 is 6.04 Å². The number of anilines is 1. The van der Waals surface area contributed by atoms with Gasteiger partial charge in [-0.15, -0.1) is 5.10 Å². The molecule has 1 unspecified atom stereocenters. The highest BCUT2D eigenvalue weighted by molar-refractivity contribution is 6.31. The van der Waals surface area contributed by atoms with Gasteiger partial charge in [0.25, 0.3) is 5.91 Å². The van der Waals surface area contributed by atoms with Crippen molar-refractivity contribution < 1.29 is 4.79 Å². The molecular weight excluding hydrogens is 363 g/mol. The Morgan fingerprint density at radius 2 is 2.12 bits per heavy atom. The Morgan fingerprint density at radius 1 is 1.32 bits per heavy atom. The highest BCUT2D eigenvalue weighted by Gasteiger charge is 2.18. The lowest BCUT2D eigenvalue weighted by Crippen LogP contribution is -2.24. The van der Waals surface area contributed by atoms with E-state index in [1.54, 1.807) is 31.1 Å². The zero-order valence-electron chi connectivity index (χ0n) is 13.6. The maximum atomic E-state index is 12.3. The summed E-state index contributed by atoms with van der Waals surface area (Å²) in [6.45, 7) is 4.01. The van der Waals surface area contributed by atoms with Gasteiger partial charge in [0.2, 0.25) is 5.95 Å². The first-order valence-electron chi connectivity index (χ1n) is 7.58. The molecule has 130 valence electrons. The fourth-order valence-electron chi connectivity index (χ4n) is 2.24. The largest absolute Gasteiger partial charge is 0.291 e. The van der Waals surface area contributed by atoms with Crippen LogP contribution >= 0.6 is 23.2 Å². The van der Waals surface area contributed by atoms with E-state index in [1.807, 2.05) is 24.3 Å². The van der Waals surface area contributed by atoms with Gasteiger partial charge in [0.15, 0.2) is 0 Å². The number of aryl methyl sites for hydroxylation is 1. The Hall–Kier alpha value is -2.38. The normalized spacial score (nSPS) is 12.2. The second-order valence-electron chi connectivity index (χ2n) is 5.60. The predicted octanol–water partition coefficient (Wildman–Crippen LogP) is 3.34. The van der Waals surface area contributed by atoms with Crippen LogP contribution in [0.2, 0.25) is 10.0 Å². The Balaban J connectivity index is 1.65. The number of carbonyl (C=O) groups is 1. The Morgan fingerprint density at radius 3 is 2.80 bits per heavy atom. The number of halogens is 2. The van der Waals surface area contributed by atoms with Crippen LogP contribution in [0.3, 0.4) is 0 Å². The summed E-state index contributed by atoms with van der Waals surface area (Å²) < 4.78 is 3.14. The van der Waals surface area contributed by atoms with Crippen molar-refractivity contribution in [1.29, 1.82) is 0 Å². The molecule has 3 rings (SSSR count). The molecule has 2 heterocycles. The van der Waals surface area contributed by atoms with E-state index in [0.29, 0.717) is 22.3 Å². The van der Waals surface area contributed by atoms with Crippen LogP contribution in [0.4, 0.5) is 5.95 Å². The molecule has 3 aromatic rings. The van der Waals surface area contributed by atoms with E-state index in [4.69, 9.17) is 23.2 Å². The molecule has 1 amide bonds. The molecule has 25 heavy (non-hydrogen) atoms. The summed E-state index contributed by atoms with van der Waals surface area (Å²) in [6.07, 6.45) is 3.17. The Kier molecular flexibility index (Phi) is 5.06. The van der Waals surface area contributed by atoms with E-state index in [0.717, 1.165) is 5.56 Å². The van der Waals surface area contributed by atoms with Crippen molar-refractivity contribution in [3.63, 3.8) is 0 Å². The highest BCUT2D eigenvalue weighted by Crippen LogP contribution is 2.17. The molecule has 0 saturated carbocycles. The lowest BCUT2D eigenvalue weighted by atomic mass is 10.2. The quantitative estimate of drug-likeness (QED) is 0.738. The number of aromatic nitrogens is 5. The molecule has 0 spiro atoms. The van der Waals surface area contributed by atoms with Crippen LogP contribution in [0.25, 0.3) is 0 Å². The topological polar surface area (TPSA) is 77.6 Å². The number of hydrogen-bond acceptors (Lipinski definition) is 4. The molecule has 0 aliphatic rings. The molecule has 0 bridgehead atoms. The van der Waals surface area contributed by atoms with Crippen LogP contribution in [0, 0.1) is 6.92 Å². The average Bonchev–Trinajstić information content (AvgIpc) is 3.13. The molecule has 0 saturated heterocycles. The fraction of sp³-hybridized carbons (Fsp3) is 0.250. The average molecular weight is 379 g/mol. The van der Waals surface area contributed by atoms with Gasteiger partial charge in [-0.25, -0.2) is 9.67 Å². The summed E-state index contributed by atoms with van der Waals surface area (Å²) in [5.41, 5.74) is 1.66. The van der Waals surface area contributed by atoms with Crippen LogP contribution in [0.1, 0.15) is 24.2 Å². The van der Waals surface area contributed by atoms with Gasteiger partial charge in [-0.1, -0.05) is 35.3 Å². The van der Waals surface area contributed by atoms with E-state index in [2.05, 4.69) is 20.5 Å². The maximum Gasteiger partial charge on any atom is 0.251 e. The third-order valence-corrected chi connectivity index (χ3v) is 4.24. The number of hydrogen-bond donors (Lipinski definition) is 1. The maximum absolute atomic E-state index is 12.3. The Labute approximate surface area is 154 Å². The van der Waals surface area contributed by atoms with Gasteiger partial charge in [0, 0.05) is 11.2 Å². The number of amides is 1. The van der Waals surface area contributed by atoms with Gasteiger partial charge < -0.3 is 0 Å². The lowest BCUT2D eigenvalue weighted by molar-refractivity contribution is -0.119. The first kappa shape index (κ1) is 17.4. The number of nitrogens with one attached hydrogen (secondary N) is 1.